The Labute approximate surface area is 194 Å². The molecule has 0 spiro atoms. The van der Waals surface area contributed by atoms with Gasteiger partial charge in [0.1, 0.15) is 17.6 Å². The monoisotopic (exact) mass is 443 g/mol. The van der Waals surface area contributed by atoms with Crippen molar-refractivity contribution in [3.63, 3.8) is 0 Å². The second-order valence-electron chi connectivity index (χ2n) is 8.20. The molecular formula is C26H26BNO5. The van der Waals surface area contributed by atoms with E-state index in [-0.39, 0.29) is 24.7 Å². The number of ether oxygens (including phenoxy) is 2. The SMILES string of the molecule is CBc1ccc(Oc2cccc(CC(=O)O)c2)c(CN2C(=O)O[C@@H](c3ccccc3)[C@H]2C)c1. The van der Waals surface area contributed by atoms with Crippen molar-refractivity contribution in [3.8, 4) is 11.5 Å². The summed E-state index contributed by atoms with van der Waals surface area (Å²) in [4.78, 5) is 25.5. The molecule has 1 saturated heterocycles. The Hall–Kier alpha value is -3.74. The Kier molecular flexibility index (Phi) is 6.68. The summed E-state index contributed by atoms with van der Waals surface area (Å²) >= 11 is 0. The summed E-state index contributed by atoms with van der Waals surface area (Å²) in [5.74, 6) is 0.288. The lowest BCUT2D eigenvalue weighted by molar-refractivity contribution is -0.136. The molecule has 1 fully saturated rings. The predicted molar refractivity (Wildman–Crippen MR) is 128 cm³/mol. The summed E-state index contributed by atoms with van der Waals surface area (Å²) in [7, 11) is 0.855. The van der Waals surface area contributed by atoms with Crippen LogP contribution in [0, 0.1) is 0 Å². The van der Waals surface area contributed by atoms with Crippen LogP contribution >= 0.6 is 0 Å². The minimum Gasteiger partial charge on any atom is -0.481 e. The van der Waals surface area contributed by atoms with Crippen molar-refractivity contribution in [1.82, 2.24) is 4.90 Å². The first-order valence-corrected chi connectivity index (χ1v) is 11.1. The number of aliphatic carboxylic acids is 1. The van der Waals surface area contributed by atoms with Gasteiger partial charge < -0.3 is 14.6 Å². The van der Waals surface area contributed by atoms with Crippen molar-refractivity contribution >= 4 is 24.8 Å². The zero-order valence-corrected chi connectivity index (χ0v) is 18.7. The van der Waals surface area contributed by atoms with E-state index in [1.807, 2.05) is 55.5 Å². The molecule has 0 aromatic heterocycles. The van der Waals surface area contributed by atoms with E-state index >= 15 is 0 Å². The first-order valence-electron chi connectivity index (χ1n) is 11.1. The highest BCUT2D eigenvalue weighted by Gasteiger charge is 2.39. The van der Waals surface area contributed by atoms with Crippen molar-refractivity contribution in [2.24, 2.45) is 0 Å². The third-order valence-electron chi connectivity index (χ3n) is 5.88. The molecule has 6 nitrogen and oxygen atoms in total. The number of nitrogens with zero attached hydrogens (tertiary/aromatic N) is 1. The highest BCUT2D eigenvalue weighted by Crippen LogP contribution is 2.35. The van der Waals surface area contributed by atoms with E-state index in [4.69, 9.17) is 14.6 Å². The number of carboxylic acid groups (broad SMARTS) is 1. The highest BCUT2D eigenvalue weighted by atomic mass is 16.6. The summed E-state index contributed by atoms with van der Waals surface area (Å²) in [6.45, 7) is 4.41. The van der Waals surface area contributed by atoms with Crippen molar-refractivity contribution in [2.75, 3.05) is 0 Å². The standard InChI is InChI=1S/C26H26BNO5/c1-17-25(19-8-4-3-5-9-19)33-26(31)28(17)16-20-15-21(27-2)11-12-23(20)32-22-10-6-7-18(13-22)14-24(29)30/h3-13,15,17,25,27H,14,16H2,1-2H3,(H,29,30)/t17-,25-/m1/s1. The van der Waals surface area contributed by atoms with Crippen LogP contribution in [-0.4, -0.2) is 35.4 Å². The van der Waals surface area contributed by atoms with Crippen molar-refractivity contribution in [3.05, 3.63) is 89.5 Å². The van der Waals surface area contributed by atoms with Gasteiger partial charge in [-0.25, -0.2) is 4.79 Å². The number of hydrogen-bond acceptors (Lipinski definition) is 4. The topological polar surface area (TPSA) is 76.1 Å². The second-order valence-corrected chi connectivity index (χ2v) is 8.20. The predicted octanol–water partition coefficient (Wildman–Crippen LogP) is 4.30. The molecule has 3 aromatic carbocycles. The lowest BCUT2D eigenvalue weighted by Gasteiger charge is -2.23. The minimum absolute atomic E-state index is 0.0726. The zero-order valence-electron chi connectivity index (χ0n) is 18.7. The molecule has 0 unspecified atom stereocenters. The molecule has 168 valence electrons. The average Bonchev–Trinajstić information content (AvgIpc) is 3.09. The molecule has 7 heteroatoms. The minimum atomic E-state index is -0.894. The fourth-order valence-corrected chi connectivity index (χ4v) is 4.08. The van der Waals surface area contributed by atoms with Crippen LogP contribution in [0.5, 0.6) is 11.5 Å². The molecule has 1 aliphatic heterocycles. The van der Waals surface area contributed by atoms with Crippen LogP contribution in [0.25, 0.3) is 0 Å². The third-order valence-corrected chi connectivity index (χ3v) is 5.88. The van der Waals surface area contributed by atoms with E-state index in [0.29, 0.717) is 23.6 Å². The Bertz CT molecular complexity index is 1150. The number of carbonyl (C=O) groups excluding carboxylic acids is 1. The third kappa shape index (κ3) is 5.19. The van der Waals surface area contributed by atoms with Gasteiger partial charge in [-0.1, -0.05) is 66.9 Å². The van der Waals surface area contributed by atoms with E-state index in [1.54, 1.807) is 29.2 Å². The molecule has 0 aliphatic carbocycles. The first kappa shape index (κ1) is 22.5. The lowest BCUT2D eigenvalue weighted by atomic mass is 9.73. The number of benzene rings is 3. The number of carbonyl (C=O) groups is 2. The Morgan fingerprint density at radius 3 is 2.61 bits per heavy atom. The lowest BCUT2D eigenvalue weighted by Crippen LogP contribution is -2.32. The van der Waals surface area contributed by atoms with Crippen LogP contribution < -0.4 is 10.2 Å². The summed E-state index contributed by atoms with van der Waals surface area (Å²) in [5, 5.41) is 9.07. The summed E-state index contributed by atoms with van der Waals surface area (Å²) in [6.07, 6.45) is -0.755. The molecule has 1 N–H and O–H groups in total. The molecule has 3 aromatic rings. The van der Waals surface area contributed by atoms with Crippen LogP contribution in [0.15, 0.2) is 72.8 Å². The first-order chi connectivity index (χ1) is 15.9. The van der Waals surface area contributed by atoms with Crippen LogP contribution in [0.3, 0.4) is 0 Å². The Morgan fingerprint density at radius 1 is 1.09 bits per heavy atom. The van der Waals surface area contributed by atoms with Gasteiger partial charge in [0.2, 0.25) is 0 Å². The summed E-state index contributed by atoms with van der Waals surface area (Å²) < 4.78 is 11.9. The Morgan fingerprint density at radius 2 is 1.88 bits per heavy atom. The van der Waals surface area contributed by atoms with E-state index < -0.39 is 5.97 Å². The van der Waals surface area contributed by atoms with E-state index in [1.165, 1.54) is 0 Å². The molecule has 33 heavy (non-hydrogen) atoms. The maximum absolute atomic E-state index is 12.8. The number of amides is 1. The number of hydrogen-bond donors (Lipinski definition) is 1. The van der Waals surface area contributed by atoms with Crippen molar-refractivity contribution in [2.45, 2.75) is 38.9 Å². The van der Waals surface area contributed by atoms with Gasteiger partial charge in [0.05, 0.1) is 19.0 Å². The van der Waals surface area contributed by atoms with Crippen LogP contribution in [0.4, 0.5) is 4.79 Å². The molecule has 2 atom stereocenters. The van der Waals surface area contributed by atoms with Gasteiger partial charge in [0.15, 0.2) is 7.28 Å². The van der Waals surface area contributed by atoms with Gasteiger partial charge in [-0.2, -0.15) is 0 Å². The molecule has 1 amide bonds. The fourth-order valence-electron chi connectivity index (χ4n) is 4.08. The van der Waals surface area contributed by atoms with E-state index in [0.717, 1.165) is 23.9 Å². The van der Waals surface area contributed by atoms with Gasteiger partial charge in [-0.15, -0.1) is 0 Å². The second kappa shape index (κ2) is 9.82. The molecule has 1 aliphatic rings. The van der Waals surface area contributed by atoms with E-state index in [9.17, 15) is 9.59 Å². The van der Waals surface area contributed by atoms with Gasteiger partial charge in [-0.3, -0.25) is 9.69 Å². The summed E-state index contributed by atoms with van der Waals surface area (Å²) in [6, 6.07) is 22.6. The maximum atomic E-state index is 12.8. The van der Waals surface area contributed by atoms with Crippen LogP contribution in [0.1, 0.15) is 29.7 Å². The Balaban J connectivity index is 1.59. The number of carboxylic acids is 1. The van der Waals surface area contributed by atoms with Gasteiger partial charge >= 0.3 is 12.1 Å². The fraction of sp³-hybridized carbons (Fsp3) is 0.231. The smallest absolute Gasteiger partial charge is 0.411 e. The average molecular weight is 443 g/mol. The quantitative estimate of drug-likeness (QED) is 0.526. The molecule has 0 saturated carbocycles. The summed E-state index contributed by atoms with van der Waals surface area (Å²) in [5.41, 5.74) is 3.64. The molecule has 4 rings (SSSR count). The van der Waals surface area contributed by atoms with Gasteiger partial charge in [-0.05, 0) is 36.2 Å². The van der Waals surface area contributed by atoms with Crippen LogP contribution in [0.2, 0.25) is 6.82 Å². The normalized spacial score (nSPS) is 17.5. The molecular weight excluding hydrogens is 417 g/mol. The number of rotatable bonds is 8. The van der Waals surface area contributed by atoms with Crippen molar-refractivity contribution < 1.29 is 24.2 Å². The molecule has 1 heterocycles. The highest BCUT2D eigenvalue weighted by molar-refractivity contribution is 6.51. The zero-order chi connectivity index (χ0) is 23.4. The largest absolute Gasteiger partial charge is 0.481 e. The van der Waals surface area contributed by atoms with Gasteiger partial charge in [0.25, 0.3) is 0 Å². The molecule has 0 bridgehead atoms. The number of cyclic esters (lactones) is 1. The van der Waals surface area contributed by atoms with Crippen molar-refractivity contribution in [1.29, 1.82) is 0 Å². The maximum Gasteiger partial charge on any atom is 0.411 e. The van der Waals surface area contributed by atoms with Crippen LogP contribution in [-0.2, 0) is 22.5 Å². The van der Waals surface area contributed by atoms with E-state index in [2.05, 4.69) is 6.82 Å². The van der Waals surface area contributed by atoms with Gasteiger partial charge in [0, 0.05) is 5.56 Å². The molecule has 0 radical (unpaired) electrons.